The van der Waals surface area contributed by atoms with Crippen LogP contribution in [0.25, 0.3) is 22.3 Å². The third-order valence-corrected chi connectivity index (χ3v) is 6.64. The maximum Gasteiger partial charge on any atom is 0.196 e. The van der Waals surface area contributed by atoms with Crippen molar-refractivity contribution in [3.8, 4) is 22.8 Å². The van der Waals surface area contributed by atoms with Gasteiger partial charge in [0, 0.05) is 22.3 Å². The quantitative estimate of drug-likeness (QED) is 0.251. The van der Waals surface area contributed by atoms with E-state index in [4.69, 9.17) is 4.42 Å². The van der Waals surface area contributed by atoms with Gasteiger partial charge in [-0.25, -0.2) is 0 Å². The Morgan fingerprint density at radius 3 is 2.32 bits per heavy atom. The Morgan fingerprint density at radius 2 is 1.62 bits per heavy atom. The number of aryl methyl sites for hydroxylation is 1. The molecular formula is C30H31NO2Si. The van der Waals surface area contributed by atoms with Crippen molar-refractivity contribution in [2.24, 2.45) is 0 Å². The highest BCUT2D eigenvalue weighted by Gasteiger charge is 2.19. The number of rotatable bonds is 4. The molecule has 4 heteroatoms. The van der Waals surface area contributed by atoms with Crippen molar-refractivity contribution in [2.45, 2.75) is 46.5 Å². The molecule has 3 aromatic carbocycles. The first-order chi connectivity index (χ1) is 16.1. The first-order valence-corrected chi connectivity index (χ1v) is 15.2. The molecule has 0 saturated heterocycles. The molecule has 0 bridgehead atoms. The summed E-state index contributed by atoms with van der Waals surface area (Å²) < 4.78 is 6.46. The third-order valence-electron chi connectivity index (χ3n) is 5.77. The minimum atomic E-state index is -1.50. The Kier molecular flexibility index (Phi) is 6.50. The molecular weight excluding hydrogens is 434 g/mol. The molecule has 3 nitrogen and oxygen atoms in total. The second-order valence-corrected chi connectivity index (χ2v) is 14.6. The Bertz CT molecular complexity index is 1470. The fourth-order valence-corrected chi connectivity index (χ4v) is 4.55. The summed E-state index contributed by atoms with van der Waals surface area (Å²) >= 11 is 0. The van der Waals surface area contributed by atoms with Crippen LogP contribution >= 0.6 is 0 Å². The van der Waals surface area contributed by atoms with Gasteiger partial charge in [-0.15, -0.1) is 5.54 Å². The number of para-hydroxylation sites is 1. The molecule has 0 aliphatic heterocycles. The fraction of sp³-hybridized carbons (Fsp3) is 0.233. The van der Waals surface area contributed by atoms with Gasteiger partial charge < -0.3 is 9.73 Å². The van der Waals surface area contributed by atoms with Gasteiger partial charge in [0.05, 0.1) is 17.1 Å². The van der Waals surface area contributed by atoms with E-state index in [1.54, 1.807) is 0 Å². The Labute approximate surface area is 202 Å². The predicted molar refractivity (Wildman–Crippen MR) is 146 cm³/mol. The summed E-state index contributed by atoms with van der Waals surface area (Å²) in [5, 5.41) is 4.24. The van der Waals surface area contributed by atoms with Crippen LogP contribution < -0.4 is 10.7 Å². The van der Waals surface area contributed by atoms with Crippen LogP contribution in [0.3, 0.4) is 0 Å². The summed E-state index contributed by atoms with van der Waals surface area (Å²) in [6.45, 7) is 12.7. The van der Waals surface area contributed by atoms with E-state index in [0.29, 0.717) is 22.3 Å². The monoisotopic (exact) mass is 465 g/mol. The van der Waals surface area contributed by atoms with Crippen LogP contribution in [0.5, 0.6) is 0 Å². The van der Waals surface area contributed by atoms with Crippen LogP contribution in [-0.4, -0.2) is 8.07 Å². The lowest BCUT2D eigenvalue weighted by Crippen LogP contribution is -2.16. The number of hydrogen-bond acceptors (Lipinski definition) is 3. The molecule has 0 saturated carbocycles. The molecule has 0 aliphatic carbocycles. The van der Waals surface area contributed by atoms with E-state index < -0.39 is 8.07 Å². The van der Waals surface area contributed by atoms with Crippen LogP contribution in [0.2, 0.25) is 19.6 Å². The van der Waals surface area contributed by atoms with E-state index in [-0.39, 0.29) is 11.5 Å². The molecule has 4 rings (SSSR count). The molecule has 1 N–H and O–H groups in total. The summed E-state index contributed by atoms with van der Waals surface area (Å²) in [5.74, 6) is 4.00. The van der Waals surface area contributed by atoms with E-state index in [2.05, 4.69) is 55.5 Å². The standard InChI is InChI=1S/C30H31NO2Si/c1-20-18-25(22(3)31-27-15-11-10-12-23(27)16-17-34(4,5)6)30-26(19-20)28(32)21(2)29(33-30)24-13-8-7-9-14-24/h7-15,18-19,22,31H,1-6H3/t22-/m1/s1. The largest absolute Gasteiger partial charge is 0.455 e. The fourth-order valence-electron chi connectivity index (χ4n) is 4.04. The zero-order chi connectivity index (χ0) is 24.5. The maximum atomic E-state index is 13.3. The smallest absolute Gasteiger partial charge is 0.196 e. The number of fused-ring (bicyclic) bond motifs is 1. The van der Waals surface area contributed by atoms with Gasteiger partial charge in [-0.1, -0.05) is 74.1 Å². The second-order valence-electron chi connectivity index (χ2n) is 9.89. The summed E-state index contributed by atoms with van der Waals surface area (Å²) in [6, 6.07) is 21.9. The Balaban J connectivity index is 1.83. The lowest BCUT2D eigenvalue weighted by molar-refractivity contribution is 0.605. The van der Waals surface area contributed by atoms with Crippen molar-refractivity contribution in [3.05, 3.63) is 99.2 Å². The molecule has 34 heavy (non-hydrogen) atoms. The summed E-state index contributed by atoms with van der Waals surface area (Å²) in [6.07, 6.45) is 0. The molecule has 0 amide bonds. The van der Waals surface area contributed by atoms with Crippen LogP contribution in [0.15, 0.2) is 75.9 Å². The van der Waals surface area contributed by atoms with E-state index in [1.807, 2.05) is 68.4 Å². The molecule has 1 aromatic heterocycles. The molecule has 0 fully saturated rings. The van der Waals surface area contributed by atoms with Crippen molar-refractivity contribution in [1.82, 2.24) is 0 Å². The average molecular weight is 466 g/mol. The first-order valence-electron chi connectivity index (χ1n) is 11.7. The highest BCUT2D eigenvalue weighted by molar-refractivity contribution is 6.83. The van der Waals surface area contributed by atoms with Gasteiger partial charge in [-0.3, -0.25) is 4.79 Å². The van der Waals surface area contributed by atoms with Crippen LogP contribution in [-0.2, 0) is 0 Å². The highest BCUT2D eigenvalue weighted by Crippen LogP contribution is 2.32. The van der Waals surface area contributed by atoms with Gasteiger partial charge >= 0.3 is 0 Å². The molecule has 172 valence electrons. The average Bonchev–Trinajstić information content (AvgIpc) is 2.80. The van der Waals surface area contributed by atoms with E-state index in [0.717, 1.165) is 27.9 Å². The SMILES string of the molecule is Cc1cc([C@@H](C)Nc2ccccc2C#C[Si](C)(C)C)c2oc(-c3ccccc3)c(C)c(=O)c2c1. The summed E-state index contributed by atoms with van der Waals surface area (Å²) in [5.41, 5.74) is 9.58. The van der Waals surface area contributed by atoms with Gasteiger partial charge in [0.2, 0.25) is 0 Å². The van der Waals surface area contributed by atoms with E-state index in [1.165, 1.54) is 0 Å². The van der Waals surface area contributed by atoms with Gasteiger partial charge in [-0.05, 0) is 44.5 Å². The van der Waals surface area contributed by atoms with Crippen molar-refractivity contribution < 1.29 is 4.42 Å². The lowest BCUT2D eigenvalue weighted by Gasteiger charge is -2.20. The molecule has 1 atom stereocenters. The Morgan fingerprint density at radius 1 is 0.941 bits per heavy atom. The van der Waals surface area contributed by atoms with Crippen molar-refractivity contribution in [1.29, 1.82) is 0 Å². The molecule has 4 aromatic rings. The summed E-state index contributed by atoms with van der Waals surface area (Å²) in [4.78, 5) is 13.3. The van der Waals surface area contributed by atoms with Crippen LogP contribution in [0, 0.1) is 25.3 Å². The normalized spacial score (nSPS) is 12.2. The summed E-state index contributed by atoms with van der Waals surface area (Å²) in [7, 11) is -1.50. The molecule has 0 aliphatic rings. The number of nitrogens with one attached hydrogen (secondary N) is 1. The number of anilines is 1. The van der Waals surface area contributed by atoms with E-state index >= 15 is 0 Å². The van der Waals surface area contributed by atoms with Crippen LogP contribution in [0.4, 0.5) is 5.69 Å². The maximum absolute atomic E-state index is 13.3. The van der Waals surface area contributed by atoms with Crippen LogP contribution in [0.1, 0.15) is 35.2 Å². The zero-order valence-electron chi connectivity index (χ0n) is 20.7. The second kappa shape index (κ2) is 9.36. The van der Waals surface area contributed by atoms with E-state index in [9.17, 15) is 4.79 Å². The third kappa shape index (κ3) is 5.00. The first kappa shape index (κ1) is 23.6. The minimum Gasteiger partial charge on any atom is -0.455 e. The van der Waals surface area contributed by atoms with Gasteiger partial charge in [0.1, 0.15) is 19.4 Å². The predicted octanol–water partition coefficient (Wildman–Crippen LogP) is 7.48. The minimum absolute atomic E-state index is 0.0126. The van der Waals surface area contributed by atoms with Crippen molar-refractivity contribution in [3.63, 3.8) is 0 Å². The van der Waals surface area contributed by atoms with Gasteiger partial charge in [-0.2, -0.15) is 0 Å². The van der Waals surface area contributed by atoms with Gasteiger partial charge in [0.15, 0.2) is 5.43 Å². The lowest BCUT2D eigenvalue weighted by atomic mass is 9.98. The van der Waals surface area contributed by atoms with Gasteiger partial charge in [0.25, 0.3) is 0 Å². The van der Waals surface area contributed by atoms with Crippen molar-refractivity contribution in [2.75, 3.05) is 5.32 Å². The molecule has 0 unspecified atom stereocenters. The molecule has 1 heterocycles. The molecule has 0 radical (unpaired) electrons. The Hall–Kier alpha value is -3.55. The zero-order valence-corrected chi connectivity index (χ0v) is 21.7. The number of benzene rings is 3. The van der Waals surface area contributed by atoms with Crippen molar-refractivity contribution >= 4 is 24.7 Å². The number of hydrogen-bond donors (Lipinski definition) is 1. The highest BCUT2D eigenvalue weighted by atomic mass is 28.3. The molecule has 0 spiro atoms. The topological polar surface area (TPSA) is 42.2 Å².